The van der Waals surface area contributed by atoms with Gasteiger partial charge in [-0.1, -0.05) is 29.8 Å². The molecule has 0 aliphatic carbocycles. The summed E-state index contributed by atoms with van der Waals surface area (Å²) in [6, 6.07) is 8.01. The van der Waals surface area contributed by atoms with Gasteiger partial charge in [0.05, 0.1) is 5.02 Å². The maximum atomic E-state index is 11.5. The van der Waals surface area contributed by atoms with Gasteiger partial charge in [-0.2, -0.15) is 16.8 Å². The molecule has 0 aliphatic heterocycles. The Balaban J connectivity index is 0.00000240. The third kappa shape index (κ3) is 6.18. The van der Waals surface area contributed by atoms with Gasteiger partial charge in [0, 0.05) is 16.8 Å². The van der Waals surface area contributed by atoms with Crippen molar-refractivity contribution in [3.05, 3.63) is 47.5 Å². The molecular formula is C16H11ClN2Na2O8S2+2. The van der Waals surface area contributed by atoms with E-state index in [1.807, 2.05) is 0 Å². The molecule has 0 radical (unpaired) electrons. The Kier molecular flexibility index (Phi) is 9.52. The number of nitrogens with zero attached hydrogens (tertiary/aromatic N) is 2. The van der Waals surface area contributed by atoms with Gasteiger partial charge in [0.15, 0.2) is 5.75 Å². The van der Waals surface area contributed by atoms with E-state index in [4.69, 9.17) is 16.2 Å². The Morgan fingerprint density at radius 1 is 0.742 bits per heavy atom. The number of phenols is 2. The van der Waals surface area contributed by atoms with Gasteiger partial charge in [-0.25, -0.2) is 0 Å². The van der Waals surface area contributed by atoms with Gasteiger partial charge in [-0.3, -0.25) is 9.11 Å². The molecular weight excluding hydrogens is 494 g/mol. The number of halogens is 1. The molecule has 3 aromatic rings. The number of phenolic OH excluding ortho intramolecular Hbond substituents is 2. The van der Waals surface area contributed by atoms with Crippen molar-refractivity contribution in [2.24, 2.45) is 10.2 Å². The van der Waals surface area contributed by atoms with Crippen LogP contribution in [0.4, 0.5) is 11.4 Å². The van der Waals surface area contributed by atoms with E-state index in [-0.39, 0.29) is 81.3 Å². The Morgan fingerprint density at radius 2 is 1.32 bits per heavy atom. The number of aromatic hydroxyl groups is 2. The molecule has 3 rings (SSSR count). The number of rotatable bonds is 4. The molecule has 0 bridgehead atoms. The van der Waals surface area contributed by atoms with Crippen molar-refractivity contribution in [3.8, 4) is 11.5 Å². The van der Waals surface area contributed by atoms with E-state index in [1.54, 1.807) is 0 Å². The van der Waals surface area contributed by atoms with Crippen molar-refractivity contribution >= 4 is 54.0 Å². The van der Waals surface area contributed by atoms with Gasteiger partial charge >= 0.3 is 59.1 Å². The van der Waals surface area contributed by atoms with E-state index in [0.717, 1.165) is 12.1 Å². The fourth-order valence-corrected chi connectivity index (χ4v) is 4.25. The first-order valence-corrected chi connectivity index (χ1v) is 10.8. The third-order valence-corrected chi connectivity index (χ3v) is 6.05. The molecule has 0 unspecified atom stereocenters. The molecule has 0 heterocycles. The largest absolute Gasteiger partial charge is 1.00 e. The van der Waals surface area contributed by atoms with Crippen LogP contribution in [-0.4, -0.2) is 36.2 Å². The molecule has 0 aromatic heterocycles. The van der Waals surface area contributed by atoms with Gasteiger partial charge in [-0.05, 0) is 18.2 Å². The minimum absolute atomic E-state index is 0. The number of benzene rings is 3. The topological polar surface area (TPSA) is 174 Å². The first-order valence-electron chi connectivity index (χ1n) is 7.53. The molecule has 0 spiro atoms. The van der Waals surface area contributed by atoms with Crippen molar-refractivity contribution < 1.29 is 95.3 Å². The van der Waals surface area contributed by atoms with E-state index in [2.05, 4.69) is 10.2 Å². The van der Waals surface area contributed by atoms with Crippen LogP contribution in [0.25, 0.3) is 10.8 Å². The fourth-order valence-electron chi connectivity index (χ4n) is 2.52. The smallest absolute Gasteiger partial charge is 0.506 e. The molecule has 0 saturated heterocycles. The number of hydrogen-bond acceptors (Lipinski definition) is 8. The van der Waals surface area contributed by atoms with E-state index >= 15 is 0 Å². The Bertz CT molecular complexity index is 1400. The fraction of sp³-hybridized carbons (Fsp3) is 0. The van der Waals surface area contributed by atoms with E-state index in [9.17, 15) is 31.6 Å². The van der Waals surface area contributed by atoms with Gasteiger partial charge in [0.25, 0.3) is 20.2 Å². The molecule has 0 amide bonds. The zero-order valence-electron chi connectivity index (χ0n) is 16.1. The maximum absolute atomic E-state index is 11.5. The summed E-state index contributed by atoms with van der Waals surface area (Å²) in [7, 11) is -9.18. The Hall–Kier alpha value is -0.770. The molecule has 4 N–H and O–H groups in total. The third-order valence-electron chi connectivity index (χ3n) is 3.82. The summed E-state index contributed by atoms with van der Waals surface area (Å²) in [5.41, 5.74) is -0.368. The standard InChI is InChI=1S/C16H11ClN2O8S2.2Na/c17-10-6-12(13(20)7-15(10)29(25,26)27)19-18-11-5-4-8-9(16(11)21)2-1-3-14(8)28(22,23)24;;/h1-7,20-21H,(H,22,23,24)(H,25,26,27);;/q;2*+1. The molecule has 3 aromatic carbocycles. The average Bonchev–Trinajstić information content (AvgIpc) is 2.61. The van der Waals surface area contributed by atoms with E-state index < -0.39 is 46.5 Å². The van der Waals surface area contributed by atoms with Crippen molar-refractivity contribution in [3.63, 3.8) is 0 Å². The van der Waals surface area contributed by atoms with Gasteiger partial charge < -0.3 is 10.2 Å². The van der Waals surface area contributed by atoms with E-state index in [0.29, 0.717) is 6.07 Å². The summed E-state index contributed by atoms with van der Waals surface area (Å²) in [4.78, 5) is -1.12. The van der Waals surface area contributed by atoms with Crippen LogP contribution >= 0.6 is 11.6 Å². The summed E-state index contributed by atoms with van der Waals surface area (Å²) in [6.07, 6.45) is 0. The van der Waals surface area contributed by atoms with E-state index in [1.165, 1.54) is 24.3 Å². The molecule has 0 fully saturated rings. The first-order chi connectivity index (χ1) is 13.4. The molecule has 31 heavy (non-hydrogen) atoms. The molecule has 152 valence electrons. The summed E-state index contributed by atoms with van der Waals surface area (Å²) < 4.78 is 63.6. The summed E-state index contributed by atoms with van der Waals surface area (Å²) in [5.74, 6) is -1.10. The second kappa shape index (κ2) is 10.4. The van der Waals surface area contributed by atoms with Crippen LogP contribution in [0.1, 0.15) is 0 Å². The van der Waals surface area contributed by atoms with Crippen molar-refractivity contribution in [1.29, 1.82) is 0 Å². The second-order valence-corrected chi connectivity index (χ2v) is 8.89. The van der Waals surface area contributed by atoms with Gasteiger partial charge in [0.2, 0.25) is 0 Å². The zero-order valence-corrected chi connectivity index (χ0v) is 22.4. The second-order valence-electron chi connectivity index (χ2n) is 5.71. The van der Waals surface area contributed by atoms with Crippen molar-refractivity contribution in [2.45, 2.75) is 9.79 Å². The van der Waals surface area contributed by atoms with Gasteiger partial charge in [-0.15, -0.1) is 10.2 Å². The van der Waals surface area contributed by atoms with Crippen LogP contribution < -0.4 is 59.1 Å². The predicted molar refractivity (Wildman–Crippen MR) is 103 cm³/mol. The number of fused-ring (bicyclic) bond motifs is 1. The summed E-state index contributed by atoms with van der Waals surface area (Å²) in [6.45, 7) is 0. The van der Waals surface area contributed by atoms with Crippen LogP contribution in [0, 0.1) is 0 Å². The monoisotopic (exact) mass is 504 g/mol. The molecule has 10 nitrogen and oxygen atoms in total. The summed E-state index contributed by atoms with van der Waals surface area (Å²) in [5, 5.41) is 27.4. The molecule has 0 aliphatic rings. The minimum atomic E-state index is -4.66. The zero-order chi connectivity index (χ0) is 21.6. The van der Waals surface area contributed by atoms with Crippen molar-refractivity contribution in [1.82, 2.24) is 0 Å². The quantitative estimate of drug-likeness (QED) is 0.176. The van der Waals surface area contributed by atoms with Crippen LogP contribution in [0.15, 0.2) is 62.5 Å². The van der Waals surface area contributed by atoms with Crippen LogP contribution in [0.5, 0.6) is 11.5 Å². The SMILES string of the molecule is O=S(=O)(O)c1cc(O)c(N=Nc2ccc3c(S(=O)(=O)O)cccc3c2O)cc1Cl.[Na+].[Na+]. The number of azo groups is 1. The average molecular weight is 505 g/mol. The Morgan fingerprint density at radius 3 is 1.90 bits per heavy atom. The molecule has 0 atom stereocenters. The predicted octanol–water partition coefficient (Wildman–Crippen LogP) is -2.18. The van der Waals surface area contributed by atoms with Gasteiger partial charge in [0.1, 0.15) is 26.9 Å². The van der Waals surface area contributed by atoms with Crippen LogP contribution in [0.3, 0.4) is 0 Å². The Labute approximate surface area is 226 Å². The number of hydrogen-bond donors (Lipinski definition) is 4. The molecule has 15 heteroatoms. The van der Waals surface area contributed by atoms with Crippen LogP contribution in [-0.2, 0) is 20.2 Å². The van der Waals surface area contributed by atoms with Crippen LogP contribution in [0.2, 0.25) is 5.02 Å². The normalized spacial score (nSPS) is 11.8. The maximum Gasteiger partial charge on any atom is 1.00 e. The van der Waals surface area contributed by atoms with Crippen molar-refractivity contribution in [2.75, 3.05) is 0 Å². The molecule has 0 saturated carbocycles. The first kappa shape index (κ1) is 28.3. The summed E-state index contributed by atoms with van der Waals surface area (Å²) >= 11 is 5.76. The minimum Gasteiger partial charge on any atom is -0.506 e.